The third kappa shape index (κ3) is 6.60. The highest BCUT2D eigenvalue weighted by Gasteiger charge is 2.12. The number of phenolic OH excluding ortho intramolecular Hbond substituents is 2. The Morgan fingerprint density at radius 3 is 2.10 bits per heavy atom. The molecular formula is C32H28O8. The van der Waals surface area contributed by atoms with Crippen LogP contribution in [0.15, 0.2) is 100 Å². The third-order valence-electron chi connectivity index (χ3n) is 6.10. The molecule has 5 aromatic rings. The van der Waals surface area contributed by atoms with E-state index in [-0.39, 0.29) is 34.7 Å². The lowest BCUT2D eigenvalue weighted by atomic mass is 10.0. The molecule has 0 aliphatic rings. The molecule has 40 heavy (non-hydrogen) atoms. The van der Waals surface area contributed by atoms with Crippen molar-refractivity contribution in [1.29, 1.82) is 0 Å². The normalized spacial score (nSPS) is 10.4. The summed E-state index contributed by atoms with van der Waals surface area (Å²) in [6.45, 7) is 0. The number of aromatic hydroxyl groups is 2. The van der Waals surface area contributed by atoms with Crippen molar-refractivity contribution in [3.8, 4) is 40.1 Å². The molecule has 0 atom stereocenters. The number of fused-ring (bicyclic) bond motifs is 1. The van der Waals surface area contributed by atoms with Crippen LogP contribution in [0, 0.1) is 0 Å². The fraction of sp³-hybridized carbons (Fsp3) is 0.125. The number of Topliss-reactive ketones (excluding diaryl/α,β-unsaturated/α-hetero) is 1. The van der Waals surface area contributed by atoms with Crippen LogP contribution in [0.3, 0.4) is 0 Å². The van der Waals surface area contributed by atoms with Crippen molar-refractivity contribution in [3.63, 3.8) is 0 Å². The summed E-state index contributed by atoms with van der Waals surface area (Å²) in [7, 11) is 4.75. The van der Waals surface area contributed by atoms with Crippen molar-refractivity contribution in [2.75, 3.05) is 21.3 Å². The Hall–Kier alpha value is -5.24. The number of rotatable bonds is 7. The zero-order valence-corrected chi connectivity index (χ0v) is 22.2. The molecule has 0 radical (unpaired) electrons. The molecule has 1 aromatic heterocycles. The van der Waals surface area contributed by atoms with Crippen molar-refractivity contribution in [3.05, 3.63) is 112 Å². The van der Waals surface area contributed by atoms with Gasteiger partial charge in [0.2, 0.25) is 0 Å². The summed E-state index contributed by atoms with van der Waals surface area (Å²) in [6.07, 6.45) is 0.183. The van der Waals surface area contributed by atoms with Crippen LogP contribution in [0.1, 0.15) is 15.9 Å². The third-order valence-corrected chi connectivity index (χ3v) is 6.10. The van der Waals surface area contributed by atoms with E-state index in [0.717, 1.165) is 22.9 Å². The van der Waals surface area contributed by atoms with Gasteiger partial charge in [-0.2, -0.15) is 0 Å². The predicted molar refractivity (Wildman–Crippen MR) is 152 cm³/mol. The number of phenols is 2. The van der Waals surface area contributed by atoms with Crippen molar-refractivity contribution in [2.45, 2.75) is 6.42 Å². The Morgan fingerprint density at radius 2 is 1.43 bits per heavy atom. The van der Waals surface area contributed by atoms with E-state index in [9.17, 15) is 19.8 Å². The number of carbonyl (C=O) groups excluding carboxylic acids is 1. The molecule has 0 saturated heterocycles. The maximum Gasteiger partial charge on any atom is 0.193 e. The van der Waals surface area contributed by atoms with Gasteiger partial charge in [-0.15, -0.1) is 0 Å². The molecule has 5 rings (SSSR count). The standard InChI is InChI=1S/C17H14O4.C15H14O4/c1-19-12-5-3-4-11(8-12)16-10-15(18)14-7-6-13(20-2)9-17(14)21-16;1-19-12-5-2-10(3-6-12)8-14(17)13-7-4-11(16)9-15(13)18/h3-10H,1-2H3;2-7,9,16,18H,8H2,1H3. The molecule has 8 heteroatoms. The van der Waals surface area contributed by atoms with Gasteiger partial charge in [0.25, 0.3) is 0 Å². The van der Waals surface area contributed by atoms with Gasteiger partial charge in [0.1, 0.15) is 40.1 Å². The highest BCUT2D eigenvalue weighted by molar-refractivity contribution is 6.00. The number of hydrogen-bond acceptors (Lipinski definition) is 8. The predicted octanol–water partition coefficient (Wildman–Crippen LogP) is 6.01. The van der Waals surface area contributed by atoms with Gasteiger partial charge in [0.05, 0.1) is 32.3 Å². The summed E-state index contributed by atoms with van der Waals surface area (Å²) in [5.74, 6) is 2.09. The van der Waals surface area contributed by atoms with Crippen LogP contribution in [-0.4, -0.2) is 37.3 Å². The zero-order valence-electron chi connectivity index (χ0n) is 22.2. The molecule has 0 bridgehead atoms. The van der Waals surface area contributed by atoms with Crippen LogP contribution in [0.4, 0.5) is 0 Å². The molecule has 8 nitrogen and oxygen atoms in total. The van der Waals surface area contributed by atoms with Crippen LogP contribution in [0.5, 0.6) is 28.7 Å². The first-order valence-electron chi connectivity index (χ1n) is 12.3. The largest absolute Gasteiger partial charge is 0.508 e. The first-order chi connectivity index (χ1) is 19.3. The van der Waals surface area contributed by atoms with Crippen molar-refractivity contribution in [2.24, 2.45) is 0 Å². The average molecular weight is 541 g/mol. The highest BCUT2D eigenvalue weighted by atomic mass is 16.5. The second kappa shape index (κ2) is 12.5. The molecular weight excluding hydrogens is 512 g/mol. The fourth-order valence-electron chi connectivity index (χ4n) is 3.96. The SMILES string of the molecule is COc1ccc(CC(=O)c2ccc(O)cc2O)cc1.COc1cccc(-c2cc(=O)c3ccc(OC)cc3o2)c1. The maximum absolute atomic E-state index is 12.2. The van der Waals surface area contributed by atoms with Crippen molar-refractivity contribution >= 4 is 16.8 Å². The number of methoxy groups -OCH3 is 3. The molecule has 0 aliphatic heterocycles. The van der Waals surface area contributed by atoms with E-state index in [1.165, 1.54) is 18.2 Å². The lowest BCUT2D eigenvalue weighted by molar-refractivity contribution is 0.0990. The van der Waals surface area contributed by atoms with E-state index in [4.69, 9.17) is 18.6 Å². The Balaban J connectivity index is 0.000000186. The Kier molecular flexibility index (Phi) is 8.71. The van der Waals surface area contributed by atoms with Crippen molar-refractivity contribution < 1.29 is 33.6 Å². The van der Waals surface area contributed by atoms with Crippen LogP contribution in [0.25, 0.3) is 22.3 Å². The highest BCUT2D eigenvalue weighted by Crippen LogP contribution is 2.27. The summed E-state index contributed by atoms with van der Waals surface area (Å²) >= 11 is 0. The first kappa shape index (κ1) is 27.8. The first-order valence-corrected chi connectivity index (χ1v) is 12.3. The zero-order chi connectivity index (χ0) is 28.6. The van der Waals surface area contributed by atoms with Gasteiger partial charge in [-0.05, 0) is 54.1 Å². The number of hydrogen-bond donors (Lipinski definition) is 2. The molecule has 2 N–H and O–H groups in total. The fourth-order valence-corrected chi connectivity index (χ4v) is 3.96. The minimum absolute atomic E-state index is 0.0708. The van der Waals surface area contributed by atoms with Gasteiger partial charge in [0.15, 0.2) is 11.2 Å². The van der Waals surface area contributed by atoms with E-state index in [0.29, 0.717) is 28.2 Å². The van der Waals surface area contributed by atoms with Gasteiger partial charge >= 0.3 is 0 Å². The van der Waals surface area contributed by atoms with Gasteiger partial charge < -0.3 is 28.8 Å². The summed E-state index contributed by atoms with van der Waals surface area (Å²) in [5, 5.41) is 19.3. The Bertz CT molecular complexity index is 1690. The Labute approximate surface area is 230 Å². The lowest BCUT2D eigenvalue weighted by Gasteiger charge is -2.06. The summed E-state index contributed by atoms with van der Waals surface area (Å²) in [6, 6.07) is 25.1. The van der Waals surface area contributed by atoms with Crippen LogP contribution in [0.2, 0.25) is 0 Å². The molecule has 0 amide bonds. The molecule has 0 spiro atoms. The molecule has 4 aromatic carbocycles. The second-order valence-electron chi connectivity index (χ2n) is 8.72. The minimum atomic E-state index is -0.210. The van der Waals surface area contributed by atoms with Gasteiger partial charge in [-0.1, -0.05) is 24.3 Å². The molecule has 0 saturated carbocycles. The summed E-state index contributed by atoms with van der Waals surface area (Å²) < 4.78 is 21.2. The topological polar surface area (TPSA) is 115 Å². The number of ether oxygens (including phenoxy) is 3. The van der Waals surface area contributed by atoms with Gasteiger partial charge in [-0.25, -0.2) is 0 Å². The second-order valence-corrected chi connectivity index (χ2v) is 8.72. The maximum atomic E-state index is 12.2. The lowest BCUT2D eigenvalue weighted by Crippen LogP contribution is -2.03. The summed E-state index contributed by atoms with van der Waals surface area (Å²) in [4.78, 5) is 24.2. The van der Waals surface area contributed by atoms with Gasteiger partial charge in [-0.3, -0.25) is 9.59 Å². The molecule has 1 heterocycles. The number of benzene rings is 4. The summed E-state index contributed by atoms with van der Waals surface area (Å²) in [5.41, 5.74) is 2.24. The van der Waals surface area contributed by atoms with Gasteiger partial charge in [0, 0.05) is 30.2 Å². The van der Waals surface area contributed by atoms with Crippen LogP contribution < -0.4 is 19.6 Å². The van der Waals surface area contributed by atoms with E-state index in [1.807, 2.05) is 24.3 Å². The average Bonchev–Trinajstić information content (AvgIpc) is 2.97. The monoisotopic (exact) mass is 540 g/mol. The van der Waals surface area contributed by atoms with Crippen LogP contribution in [-0.2, 0) is 6.42 Å². The minimum Gasteiger partial charge on any atom is -0.508 e. The molecule has 204 valence electrons. The van der Waals surface area contributed by atoms with E-state index < -0.39 is 0 Å². The molecule has 0 unspecified atom stereocenters. The quantitative estimate of drug-likeness (QED) is 0.241. The smallest absolute Gasteiger partial charge is 0.193 e. The molecule has 0 fully saturated rings. The number of ketones is 1. The Morgan fingerprint density at radius 1 is 0.750 bits per heavy atom. The van der Waals surface area contributed by atoms with E-state index in [2.05, 4.69) is 0 Å². The van der Waals surface area contributed by atoms with E-state index >= 15 is 0 Å². The van der Waals surface area contributed by atoms with E-state index in [1.54, 1.807) is 63.8 Å². The molecule has 0 aliphatic carbocycles. The number of carbonyl (C=O) groups is 1. The van der Waals surface area contributed by atoms with Crippen LogP contribution >= 0.6 is 0 Å². The van der Waals surface area contributed by atoms with Crippen molar-refractivity contribution in [1.82, 2.24) is 0 Å².